The minimum absolute atomic E-state index is 0.0879. The molecular formula is C32H41N9O4. The molecule has 0 unspecified atom stereocenters. The molecule has 4 amide bonds. The van der Waals surface area contributed by atoms with Crippen molar-refractivity contribution in [2.45, 2.75) is 65.1 Å². The monoisotopic (exact) mass is 615 g/mol. The number of aryl methyl sites for hydroxylation is 2. The molecule has 4 rings (SSSR count). The van der Waals surface area contributed by atoms with Crippen LogP contribution in [-0.4, -0.2) is 73.5 Å². The summed E-state index contributed by atoms with van der Waals surface area (Å²) in [4.78, 5) is 59.6. The molecule has 1 aromatic carbocycles. The van der Waals surface area contributed by atoms with Crippen LogP contribution in [0, 0.1) is 24.2 Å². The average molecular weight is 616 g/mol. The van der Waals surface area contributed by atoms with Gasteiger partial charge in [-0.15, -0.1) is 0 Å². The number of nitriles is 1. The summed E-state index contributed by atoms with van der Waals surface area (Å²) in [7, 11) is 1.70. The maximum atomic E-state index is 13.8. The molecule has 0 aliphatic carbocycles. The molecule has 1 aliphatic rings. The fourth-order valence-electron chi connectivity index (χ4n) is 5.36. The van der Waals surface area contributed by atoms with Gasteiger partial charge in [0.2, 0.25) is 17.7 Å². The van der Waals surface area contributed by atoms with Crippen LogP contribution in [0.15, 0.2) is 42.6 Å². The van der Waals surface area contributed by atoms with Crippen LogP contribution in [0.25, 0.3) is 0 Å². The number of amides is 4. The van der Waals surface area contributed by atoms with Crippen LogP contribution < -0.4 is 16.0 Å². The average Bonchev–Trinajstić information content (AvgIpc) is 3.57. The van der Waals surface area contributed by atoms with Crippen LogP contribution in [-0.2, 0) is 34.4 Å². The molecule has 0 spiro atoms. The van der Waals surface area contributed by atoms with Gasteiger partial charge in [0.05, 0.1) is 11.6 Å². The van der Waals surface area contributed by atoms with Crippen molar-refractivity contribution in [3.8, 4) is 6.07 Å². The van der Waals surface area contributed by atoms with Crippen molar-refractivity contribution < 1.29 is 19.2 Å². The normalized spacial score (nSPS) is 19.0. The van der Waals surface area contributed by atoms with Crippen LogP contribution in [0.3, 0.4) is 0 Å². The smallest absolute Gasteiger partial charge is 0.270 e. The molecule has 238 valence electrons. The molecule has 0 fully saturated rings. The van der Waals surface area contributed by atoms with Crippen LogP contribution >= 0.6 is 0 Å². The van der Waals surface area contributed by atoms with Crippen molar-refractivity contribution in [2.75, 3.05) is 19.6 Å². The molecule has 3 N–H and O–H groups in total. The van der Waals surface area contributed by atoms with Gasteiger partial charge in [0.15, 0.2) is 5.82 Å². The second-order valence-electron chi connectivity index (χ2n) is 11.7. The number of nitrogens with zero attached hydrogens (tertiary/aromatic N) is 6. The van der Waals surface area contributed by atoms with Gasteiger partial charge in [-0.3, -0.25) is 19.2 Å². The molecule has 0 saturated carbocycles. The summed E-state index contributed by atoms with van der Waals surface area (Å²) in [5, 5.41) is 22.6. The number of rotatable bonds is 4. The van der Waals surface area contributed by atoms with E-state index in [0.717, 1.165) is 5.56 Å². The third-order valence-electron chi connectivity index (χ3n) is 7.68. The Morgan fingerprint density at radius 1 is 1.09 bits per heavy atom. The largest absolute Gasteiger partial charge is 0.354 e. The van der Waals surface area contributed by atoms with E-state index in [2.05, 4.69) is 32.1 Å². The number of fused-ring (bicyclic) bond motifs is 1. The van der Waals surface area contributed by atoms with Crippen LogP contribution in [0.2, 0.25) is 0 Å². The van der Waals surface area contributed by atoms with E-state index >= 15 is 0 Å². The molecule has 45 heavy (non-hydrogen) atoms. The van der Waals surface area contributed by atoms with Gasteiger partial charge < -0.3 is 25.4 Å². The van der Waals surface area contributed by atoms with E-state index in [1.165, 1.54) is 10.7 Å². The van der Waals surface area contributed by atoms with Gasteiger partial charge in [-0.1, -0.05) is 44.2 Å². The standard InChI is InChI=1S/C32H41N9O4/c1-21(2)29-30-35-22(3)38-41(30)20-28(43)34-13-9-15-40(32(45)26-17-24(18-33)19-39(26)4)14-8-12-27(42)36-25(31(44)37-29)16-23-10-6-5-7-11-23/h5-7,10-11,17,19,21,25,29H,8-9,12-16,20H2,1-4H3,(H,34,43)(H,36,42)(H,37,44)/t25-,29+/m1/s1. The Morgan fingerprint density at radius 2 is 1.82 bits per heavy atom. The van der Waals surface area contributed by atoms with E-state index in [4.69, 9.17) is 0 Å². The Morgan fingerprint density at radius 3 is 2.51 bits per heavy atom. The summed E-state index contributed by atoms with van der Waals surface area (Å²) in [6, 6.07) is 11.6. The van der Waals surface area contributed by atoms with E-state index in [0.29, 0.717) is 48.8 Å². The highest BCUT2D eigenvalue weighted by Crippen LogP contribution is 2.21. The molecule has 3 heterocycles. The zero-order valence-corrected chi connectivity index (χ0v) is 26.2. The fraction of sp³-hybridized carbons (Fsp3) is 0.469. The lowest BCUT2D eigenvalue weighted by atomic mass is 10.0. The van der Waals surface area contributed by atoms with Gasteiger partial charge in [-0.25, -0.2) is 9.67 Å². The maximum absolute atomic E-state index is 13.8. The number of carbonyl (C=O) groups is 4. The van der Waals surface area contributed by atoms with Gasteiger partial charge in [0, 0.05) is 45.7 Å². The minimum Gasteiger partial charge on any atom is -0.354 e. The number of hydrogen-bond acceptors (Lipinski definition) is 7. The van der Waals surface area contributed by atoms with Gasteiger partial charge in [-0.05, 0) is 37.3 Å². The maximum Gasteiger partial charge on any atom is 0.270 e. The molecule has 2 aromatic heterocycles. The number of hydrogen-bond donors (Lipinski definition) is 3. The molecule has 0 radical (unpaired) electrons. The highest BCUT2D eigenvalue weighted by atomic mass is 16.2. The van der Waals surface area contributed by atoms with E-state index in [-0.39, 0.29) is 55.5 Å². The highest BCUT2D eigenvalue weighted by Gasteiger charge is 2.30. The first-order valence-electron chi connectivity index (χ1n) is 15.2. The molecule has 3 aromatic rings. The third kappa shape index (κ3) is 8.78. The van der Waals surface area contributed by atoms with Crippen molar-refractivity contribution >= 4 is 23.6 Å². The lowest BCUT2D eigenvalue weighted by molar-refractivity contribution is -0.129. The number of benzene rings is 1. The number of aromatic nitrogens is 4. The van der Waals surface area contributed by atoms with Crippen molar-refractivity contribution in [1.29, 1.82) is 5.26 Å². The van der Waals surface area contributed by atoms with Crippen molar-refractivity contribution in [3.63, 3.8) is 0 Å². The molecular weight excluding hydrogens is 574 g/mol. The Balaban J connectivity index is 1.61. The second kappa shape index (κ2) is 15.1. The first kappa shape index (κ1) is 32.9. The lowest BCUT2D eigenvalue weighted by Gasteiger charge is -2.26. The van der Waals surface area contributed by atoms with Gasteiger partial charge >= 0.3 is 0 Å². The summed E-state index contributed by atoms with van der Waals surface area (Å²) in [6.45, 7) is 6.44. The van der Waals surface area contributed by atoms with Gasteiger partial charge in [0.25, 0.3) is 5.91 Å². The Bertz CT molecular complexity index is 1550. The Hall–Kier alpha value is -4.99. The van der Waals surface area contributed by atoms with Crippen LogP contribution in [0.1, 0.15) is 72.4 Å². The summed E-state index contributed by atoms with van der Waals surface area (Å²) >= 11 is 0. The predicted molar refractivity (Wildman–Crippen MR) is 165 cm³/mol. The quantitative estimate of drug-likeness (QED) is 0.402. The molecule has 2 atom stereocenters. The zero-order valence-electron chi connectivity index (χ0n) is 26.2. The topological polar surface area (TPSA) is 167 Å². The summed E-state index contributed by atoms with van der Waals surface area (Å²) in [5.74, 6) is -0.404. The summed E-state index contributed by atoms with van der Waals surface area (Å²) < 4.78 is 3.11. The Kier molecular flexibility index (Phi) is 11.1. The SMILES string of the molecule is Cc1nc2n(n1)CC(=O)NCCCN(C(=O)c1cc(C#N)cn1C)CCCC(=O)N[C@H](Cc1ccccc1)C(=O)N[C@H]2C(C)C. The third-order valence-corrected chi connectivity index (χ3v) is 7.68. The van der Waals surface area contributed by atoms with Gasteiger partial charge in [0.1, 0.15) is 30.2 Å². The van der Waals surface area contributed by atoms with Crippen molar-refractivity contribution in [2.24, 2.45) is 13.0 Å². The zero-order chi connectivity index (χ0) is 32.5. The number of carbonyl (C=O) groups excluding carboxylic acids is 4. The van der Waals surface area contributed by atoms with E-state index in [1.54, 1.807) is 29.6 Å². The molecule has 1 aliphatic heterocycles. The van der Waals surface area contributed by atoms with Crippen LogP contribution in [0.4, 0.5) is 0 Å². The van der Waals surface area contributed by atoms with Gasteiger partial charge in [-0.2, -0.15) is 10.4 Å². The molecule has 13 heteroatoms. The highest BCUT2D eigenvalue weighted by molar-refractivity contribution is 5.93. The minimum atomic E-state index is -0.869. The molecule has 0 saturated heterocycles. The number of nitrogens with one attached hydrogen (secondary N) is 3. The predicted octanol–water partition coefficient (Wildman–Crippen LogP) is 1.78. The van der Waals surface area contributed by atoms with E-state index in [1.807, 2.05) is 44.2 Å². The van der Waals surface area contributed by atoms with E-state index in [9.17, 15) is 24.4 Å². The molecule has 0 bridgehead atoms. The van der Waals surface area contributed by atoms with E-state index < -0.39 is 12.1 Å². The van der Waals surface area contributed by atoms with Crippen molar-refractivity contribution in [1.82, 2.24) is 40.2 Å². The fourth-order valence-corrected chi connectivity index (χ4v) is 5.36. The first-order valence-corrected chi connectivity index (χ1v) is 15.2. The second-order valence-corrected chi connectivity index (χ2v) is 11.7. The first-order chi connectivity index (χ1) is 21.5. The summed E-state index contributed by atoms with van der Waals surface area (Å²) in [6.07, 6.45) is 2.79. The molecule has 13 nitrogen and oxygen atoms in total. The lowest BCUT2D eigenvalue weighted by Crippen LogP contribution is -2.50. The van der Waals surface area contributed by atoms with Crippen molar-refractivity contribution in [3.05, 3.63) is 71.1 Å². The van der Waals surface area contributed by atoms with Crippen LogP contribution in [0.5, 0.6) is 0 Å². The summed E-state index contributed by atoms with van der Waals surface area (Å²) in [5.41, 5.74) is 1.61. The Labute approximate surface area is 263 Å².